The molecule has 1 amide bonds. The van der Waals surface area contributed by atoms with Crippen molar-refractivity contribution in [3.05, 3.63) is 63.5 Å². The van der Waals surface area contributed by atoms with Crippen molar-refractivity contribution in [1.29, 1.82) is 0 Å². The molecule has 0 radical (unpaired) electrons. The zero-order valence-electron chi connectivity index (χ0n) is 12.2. The summed E-state index contributed by atoms with van der Waals surface area (Å²) in [4.78, 5) is 14.9. The number of amides is 1. The van der Waals surface area contributed by atoms with Gasteiger partial charge in [0.15, 0.2) is 4.32 Å². The Morgan fingerprint density at radius 2 is 1.87 bits per heavy atom. The van der Waals surface area contributed by atoms with Crippen molar-refractivity contribution in [3.63, 3.8) is 0 Å². The van der Waals surface area contributed by atoms with E-state index in [2.05, 4.69) is 15.9 Å². The zero-order valence-corrected chi connectivity index (χ0v) is 15.4. The smallest absolute Gasteiger partial charge is 0.270 e. The molecule has 0 aromatic heterocycles. The van der Waals surface area contributed by atoms with E-state index in [-0.39, 0.29) is 5.91 Å². The maximum Gasteiger partial charge on any atom is 0.270 e. The van der Waals surface area contributed by atoms with Crippen molar-refractivity contribution < 1.29 is 9.53 Å². The lowest BCUT2D eigenvalue weighted by Crippen LogP contribution is -2.27. The average molecular weight is 406 g/mol. The Labute approximate surface area is 152 Å². The molecule has 23 heavy (non-hydrogen) atoms. The molecular formula is C17H12BrNO2S2. The van der Waals surface area contributed by atoms with Crippen molar-refractivity contribution in [3.8, 4) is 5.75 Å². The van der Waals surface area contributed by atoms with E-state index in [4.69, 9.17) is 17.0 Å². The number of nitrogens with zero attached hydrogens (tertiary/aromatic N) is 1. The average Bonchev–Trinajstić information content (AvgIpc) is 2.83. The molecule has 2 aromatic rings. The minimum absolute atomic E-state index is 0.109. The molecule has 1 fully saturated rings. The summed E-state index contributed by atoms with van der Waals surface area (Å²) < 4.78 is 6.50. The van der Waals surface area contributed by atoms with E-state index in [9.17, 15) is 4.79 Å². The highest BCUT2D eigenvalue weighted by molar-refractivity contribution is 9.10. The molecule has 2 aromatic carbocycles. The van der Waals surface area contributed by atoms with Gasteiger partial charge < -0.3 is 4.74 Å². The van der Waals surface area contributed by atoms with Gasteiger partial charge >= 0.3 is 0 Å². The summed E-state index contributed by atoms with van der Waals surface area (Å²) >= 11 is 10.2. The van der Waals surface area contributed by atoms with E-state index in [0.29, 0.717) is 9.23 Å². The van der Waals surface area contributed by atoms with Crippen molar-refractivity contribution in [2.75, 3.05) is 12.0 Å². The minimum atomic E-state index is -0.109. The van der Waals surface area contributed by atoms with E-state index in [0.717, 1.165) is 21.5 Å². The van der Waals surface area contributed by atoms with E-state index in [1.54, 1.807) is 12.0 Å². The molecule has 0 N–H and O–H groups in total. The van der Waals surface area contributed by atoms with Crippen LogP contribution in [0.15, 0.2) is 57.9 Å². The molecule has 1 aliphatic rings. The topological polar surface area (TPSA) is 29.5 Å². The van der Waals surface area contributed by atoms with Crippen molar-refractivity contribution in [2.45, 2.75) is 0 Å². The van der Waals surface area contributed by atoms with Gasteiger partial charge in [0.25, 0.3) is 5.91 Å². The van der Waals surface area contributed by atoms with Gasteiger partial charge in [-0.2, -0.15) is 0 Å². The SMILES string of the molecule is COc1ccc(C=C2SC(=S)N(c3ccccc3Br)C2=O)cc1. The second-order valence-electron chi connectivity index (χ2n) is 4.74. The normalized spacial score (nSPS) is 16.3. The highest BCUT2D eigenvalue weighted by atomic mass is 79.9. The number of thiocarbonyl (C=S) groups is 1. The number of hydrogen-bond acceptors (Lipinski definition) is 4. The van der Waals surface area contributed by atoms with Gasteiger partial charge in [-0.1, -0.05) is 48.2 Å². The Balaban J connectivity index is 1.91. The lowest BCUT2D eigenvalue weighted by molar-refractivity contribution is -0.113. The number of anilines is 1. The molecule has 0 atom stereocenters. The summed E-state index contributed by atoms with van der Waals surface area (Å²) in [5.41, 5.74) is 1.69. The van der Waals surface area contributed by atoms with Crippen LogP contribution in [0, 0.1) is 0 Å². The summed E-state index contributed by atoms with van der Waals surface area (Å²) in [6.07, 6.45) is 1.84. The zero-order chi connectivity index (χ0) is 16.4. The standard InChI is InChI=1S/C17H12BrNO2S2/c1-21-12-8-6-11(7-9-12)10-15-16(20)19(17(22)23-15)14-5-3-2-4-13(14)18/h2-10H,1H3. The number of para-hydroxylation sites is 1. The first-order valence-corrected chi connectivity index (χ1v) is 8.78. The molecule has 3 nitrogen and oxygen atoms in total. The number of thioether (sulfide) groups is 1. The molecule has 116 valence electrons. The Kier molecular flexibility index (Phi) is 4.84. The van der Waals surface area contributed by atoms with Crippen LogP contribution < -0.4 is 9.64 Å². The summed E-state index contributed by atoms with van der Waals surface area (Å²) in [6.45, 7) is 0. The van der Waals surface area contributed by atoms with E-state index < -0.39 is 0 Å². The summed E-state index contributed by atoms with van der Waals surface area (Å²) in [6, 6.07) is 15.1. The van der Waals surface area contributed by atoms with Gasteiger partial charge in [-0.15, -0.1) is 0 Å². The predicted molar refractivity (Wildman–Crippen MR) is 103 cm³/mol. The molecule has 0 saturated carbocycles. The van der Waals surface area contributed by atoms with Crippen LogP contribution in [0.4, 0.5) is 5.69 Å². The van der Waals surface area contributed by atoms with Crippen molar-refractivity contribution >= 4 is 61.9 Å². The lowest BCUT2D eigenvalue weighted by atomic mass is 10.2. The third-order valence-corrected chi connectivity index (χ3v) is 5.27. The van der Waals surface area contributed by atoms with Crippen LogP contribution in [0.25, 0.3) is 6.08 Å². The van der Waals surface area contributed by atoms with Crippen LogP contribution in [0.5, 0.6) is 5.75 Å². The monoisotopic (exact) mass is 405 g/mol. The van der Waals surface area contributed by atoms with Gasteiger partial charge in [-0.3, -0.25) is 9.69 Å². The van der Waals surface area contributed by atoms with Gasteiger partial charge in [0, 0.05) is 4.47 Å². The lowest BCUT2D eigenvalue weighted by Gasteiger charge is -2.15. The van der Waals surface area contributed by atoms with Crippen LogP contribution in [-0.4, -0.2) is 17.3 Å². The fraction of sp³-hybridized carbons (Fsp3) is 0.0588. The largest absolute Gasteiger partial charge is 0.497 e. The second-order valence-corrected chi connectivity index (χ2v) is 7.27. The first-order chi connectivity index (χ1) is 11.1. The number of halogens is 1. The number of ether oxygens (including phenoxy) is 1. The Morgan fingerprint density at radius 1 is 1.17 bits per heavy atom. The Bertz CT molecular complexity index is 802. The highest BCUT2D eigenvalue weighted by Gasteiger charge is 2.34. The fourth-order valence-corrected chi connectivity index (χ4v) is 3.91. The summed E-state index contributed by atoms with van der Waals surface area (Å²) in [7, 11) is 1.62. The van der Waals surface area contributed by atoms with Crippen molar-refractivity contribution in [1.82, 2.24) is 0 Å². The van der Waals surface area contributed by atoms with E-state index in [1.165, 1.54) is 11.8 Å². The van der Waals surface area contributed by atoms with Crippen LogP contribution in [0.1, 0.15) is 5.56 Å². The van der Waals surface area contributed by atoms with Crippen LogP contribution >= 0.6 is 39.9 Å². The van der Waals surface area contributed by atoms with Gasteiger partial charge in [0.1, 0.15) is 5.75 Å². The number of carbonyl (C=O) groups excluding carboxylic acids is 1. The molecule has 0 aliphatic carbocycles. The highest BCUT2D eigenvalue weighted by Crippen LogP contribution is 2.38. The minimum Gasteiger partial charge on any atom is -0.497 e. The first kappa shape index (κ1) is 16.2. The molecule has 1 saturated heterocycles. The number of carbonyl (C=O) groups is 1. The fourth-order valence-electron chi connectivity index (χ4n) is 2.16. The number of hydrogen-bond donors (Lipinski definition) is 0. The quantitative estimate of drug-likeness (QED) is 0.538. The second kappa shape index (κ2) is 6.86. The third-order valence-electron chi connectivity index (χ3n) is 3.30. The van der Waals surface area contributed by atoms with Crippen LogP contribution in [0.2, 0.25) is 0 Å². The van der Waals surface area contributed by atoms with Gasteiger partial charge in [-0.25, -0.2) is 0 Å². The third kappa shape index (κ3) is 3.34. The molecule has 1 aliphatic heterocycles. The number of benzene rings is 2. The van der Waals surface area contributed by atoms with Gasteiger partial charge in [0.2, 0.25) is 0 Å². The van der Waals surface area contributed by atoms with E-state index >= 15 is 0 Å². The number of rotatable bonds is 3. The molecule has 6 heteroatoms. The predicted octanol–water partition coefficient (Wildman–Crippen LogP) is 4.86. The van der Waals surface area contributed by atoms with Gasteiger partial charge in [-0.05, 0) is 51.8 Å². The molecule has 1 heterocycles. The summed E-state index contributed by atoms with van der Waals surface area (Å²) in [5.74, 6) is 0.672. The number of methoxy groups -OCH3 is 1. The van der Waals surface area contributed by atoms with Crippen LogP contribution in [-0.2, 0) is 4.79 Å². The Morgan fingerprint density at radius 3 is 2.52 bits per heavy atom. The van der Waals surface area contributed by atoms with Crippen LogP contribution in [0.3, 0.4) is 0 Å². The molecule has 0 bridgehead atoms. The molecular weight excluding hydrogens is 394 g/mol. The maximum atomic E-state index is 12.7. The first-order valence-electron chi connectivity index (χ1n) is 6.76. The maximum absolute atomic E-state index is 12.7. The summed E-state index contributed by atoms with van der Waals surface area (Å²) in [5, 5.41) is 0. The molecule has 0 unspecified atom stereocenters. The van der Waals surface area contributed by atoms with E-state index in [1.807, 2.05) is 54.6 Å². The van der Waals surface area contributed by atoms with Crippen molar-refractivity contribution in [2.24, 2.45) is 0 Å². The Hall–Kier alpha value is -1.63. The van der Waals surface area contributed by atoms with Gasteiger partial charge in [0.05, 0.1) is 17.7 Å². The molecule has 0 spiro atoms. The molecule has 3 rings (SSSR count).